The molecular weight excluding hydrogens is 388 g/mol. The van der Waals surface area contributed by atoms with E-state index in [1.165, 1.54) is 11.3 Å². The molecule has 0 bridgehead atoms. The van der Waals surface area contributed by atoms with Crippen molar-refractivity contribution in [3.05, 3.63) is 60.0 Å². The number of hydrogen-bond donors (Lipinski definition) is 1. The van der Waals surface area contributed by atoms with Gasteiger partial charge in [0, 0.05) is 30.1 Å². The van der Waals surface area contributed by atoms with Crippen LogP contribution in [0.15, 0.2) is 54.3 Å². The van der Waals surface area contributed by atoms with Crippen LogP contribution in [0.4, 0.5) is 11.4 Å². The van der Waals surface area contributed by atoms with Gasteiger partial charge in [-0.25, -0.2) is 9.67 Å². The summed E-state index contributed by atoms with van der Waals surface area (Å²) in [4.78, 5) is 23.7. The molecule has 0 unspecified atom stereocenters. The second-order valence-electron chi connectivity index (χ2n) is 6.58. The lowest BCUT2D eigenvalue weighted by atomic mass is 10.2. The summed E-state index contributed by atoms with van der Waals surface area (Å²) in [5, 5.41) is 10.8. The van der Waals surface area contributed by atoms with E-state index in [-0.39, 0.29) is 5.91 Å². The minimum Gasteiger partial charge on any atom is -0.378 e. The smallest absolute Gasteiger partial charge is 0.275 e. The number of thiazole rings is 1. The van der Waals surface area contributed by atoms with Crippen molar-refractivity contribution < 1.29 is 9.53 Å². The summed E-state index contributed by atoms with van der Waals surface area (Å²) in [5.74, 6) is -0.272. The molecule has 5 rings (SSSR count). The summed E-state index contributed by atoms with van der Waals surface area (Å²) in [7, 11) is 0. The SMILES string of the molecule is O=C(Nc1cnccc1N1CCOCC1)c1csc(-n2ncc3ccccc32)n1. The van der Waals surface area contributed by atoms with E-state index < -0.39 is 0 Å². The number of carbonyl (C=O) groups excluding carboxylic acids is 1. The summed E-state index contributed by atoms with van der Waals surface area (Å²) in [6, 6.07) is 9.80. The van der Waals surface area contributed by atoms with Crippen LogP contribution >= 0.6 is 11.3 Å². The van der Waals surface area contributed by atoms with Crippen molar-refractivity contribution in [2.75, 3.05) is 36.5 Å². The average Bonchev–Trinajstić information content (AvgIpc) is 3.42. The van der Waals surface area contributed by atoms with Crippen LogP contribution in [0.1, 0.15) is 10.5 Å². The number of anilines is 2. The molecule has 0 atom stereocenters. The fourth-order valence-electron chi connectivity index (χ4n) is 3.34. The van der Waals surface area contributed by atoms with Gasteiger partial charge in [-0.1, -0.05) is 18.2 Å². The maximum atomic E-state index is 12.8. The highest BCUT2D eigenvalue weighted by molar-refractivity contribution is 7.12. The number of nitrogens with zero attached hydrogens (tertiary/aromatic N) is 5. The van der Waals surface area contributed by atoms with Gasteiger partial charge in [-0.3, -0.25) is 9.78 Å². The number of ether oxygens (including phenoxy) is 1. The predicted octanol–water partition coefficient (Wildman–Crippen LogP) is 2.97. The molecule has 1 aliphatic rings. The number of rotatable bonds is 4. The molecule has 0 spiro atoms. The lowest BCUT2D eigenvalue weighted by Gasteiger charge is -2.30. The highest BCUT2D eigenvalue weighted by Crippen LogP contribution is 2.26. The fraction of sp³-hybridized carbons (Fsp3) is 0.200. The van der Waals surface area contributed by atoms with Gasteiger partial charge in [-0.2, -0.15) is 5.10 Å². The molecule has 8 nitrogen and oxygen atoms in total. The van der Waals surface area contributed by atoms with E-state index in [0.29, 0.717) is 29.7 Å². The summed E-state index contributed by atoms with van der Waals surface area (Å²) < 4.78 is 7.17. The monoisotopic (exact) mass is 406 g/mol. The quantitative estimate of drug-likeness (QED) is 0.561. The van der Waals surface area contributed by atoms with Crippen molar-refractivity contribution in [3.8, 4) is 5.13 Å². The first-order chi connectivity index (χ1) is 14.3. The standard InChI is InChI=1S/C20H18N6O2S/c27-19(23-15-12-21-6-5-18(15)25-7-9-28-10-8-25)16-13-29-20(24-16)26-17-4-2-1-3-14(17)11-22-26/h1-6,11-13H,7-10H2,(H,23,27). The Balaban J connectivity index is 1.39. The normalized spacial score (nSPS) is 14.3. The van der Waals surface area contributed by atoms with Gasteiger partial charge in [0.05, 0.1) is 42.5 Å². The van der Waals surface area contributed by atoms with E-state index in [2.05, 4.69) is 25.3 Å². The van der Waals surface area contributed by atoms with Gasteiger partial charge >= 0.3 is 0 Å². The van der Waals surface area contributed by atoms with Crippen molar-refractivity contribution in [2.24, 2.45) is 0 Å². The van der Waals surface area contributed by atoms with E-state index in [1.807, 2.05) is 30.3 Å². The molecule has 1 fully saturated rings. The lowest BCUT2D eigenvalue weighted by Crippen LogP contribution is -2.36. The van der Waals surface area contributed by atoms with Gasteiger partial charge in [0.2, 0.25) is 5.13 Å². The number of amides is 1. The average molecular weight is 406 g/mol. The third-order valence-corrected chi connectivity index (χ3v) is 5.60. The van der Waals surface area contributed by atoms with E-state index in [9.17, 15) is 4.79 Å². The summed E-state index contributed by atoms with van der Waals surface area (Å²) >= 11 is 1.38. The highest BCUT2D eigenvalue weighted by atomic mass is 32.1. The Labute approximate surface area is 170 Å². The third-order valence-electron chi connectivity index (χ3n) is 4.78. The number of morpholine rings is 1. The molecule has 1 amide bonds. The van der Waals surface area contributed by atoms with Gasteiger partial charge in [0.1, 0.15) is 5.69 Å². The van der Waals surface area contributed by atoms with Gasteiger partial charge in [0.25, 0.3) is 5.91 Å². The second-order valence-corrected chi connectivity index (χ2v) is 7.41. The molecule has 9 heteroatoms. The van der Waals surface area contributed by atoms with Crippen molar-refractivity contribution in [1.82, 2.24) is 19.7 Å². The molecule has 4 heterocycles. The molecule has 0 aliphatic carbocycles. The molecule has 0 radical (unpaired) electrons. The van der Waals surface area contributed by atoms with Crippen LogP contribution in [0.5, 0.6) is 0 Å². The lowest BCUT2D eigenvalue weighted by molar-refractivity contribution is 0.102. The van der Waals surface area contributed by atoms with E-state index in [0.717, 1.165) is 29.7 Å². The van der Waals surface area contributed by atoms with E-state index >= 15 is 0 Å². The number of nitrogens with one attached hydrogen (secondary N) is 1. The number of hydrogen-bond acceptors (Lipinski definition) is 7. The van der Waals surface area contributed by atoms with Gasteiger partial charge in [0.15, 0.2) is 0 Å². The molecule has 0 saturated carbocycles. The zero-order valence-electron chi connectivity index (χ0n) is 15.5. The molecule has 1 saturated heterocycles. The Hall–Kier alpha value is -3.30. The maximum absolute atomic E-state index is 12.8. The number of fused-ring (bicyclic) bond motifs is 1. The summed E-state index contributed by atoms with van der Waals surface area (Å²) in [5.41, 5.74) is 2.90. The molecule has 146 valence electrons. The first-order valence-corrected chi connectivity index (χ1v) is 10.1. The van der Waals surface area contributed by atoms with Gasteiger partial charge in [-0.15, -0.1) is 11.3 Å². The number of carbonyl (C=O) groups is 1. The van der Waals surface area contributed by atoms with Crippen LogP contribution in [0, 0.1) is 0 Å². The Bertz CT molecular complexity index is 1160. The summed E-state index contributed by atoms with van der Waals surface area (Å²) in [6.45, 7) is 2.90. The molecule has 1 N–H and O–H groups in total. The van der Waals surface area contributed by atoms with Crippen molar-refractivity contribution in [1.29, 1.82) is 0 Å². The van der Waals surface area contributed by atoms with Gasteiger partial charge in [-0.05, 0) is 12.1 Å². The Morgan fingerprint density at radius 2 is 2.00 bits per heavy atom. The number of pyridine rings is 1. The number of benzene rings is 1. The minimum absolute atomic E-state index is 0.272. The zero-order valence-corrected chi connectivity index (χ0v) is 16.3. The molecule has 4 aromatic rings. The molecule has 29 heavy (non-hydrogen) atoms. The molecule has 3 aromatic heterocycles. The van der Waals surface area contributed by atoms with Crippen LogP contribution in [-0.4, -0.2) is 52.0 Å². The Morgan fingerprint density at radius 1 is 1.14 bits per heavy atom. The number of para-hydroxylation sites is 1. The van der Waals surface area contributed by atoms with Crippen LogP contribution in [-0.2, 0) is 4.74 Å². The summed E-state index contributed by atoms with van der Waals surface area (Å²) in [6.07, 6.45) is 5.18. The molecule has 1 aromatic carbocycles. The minimum atomic E-state index is -0.272. The Kier molecular flexibility index (Phi) is 4.66. The van der Waals surface area contributed by atoms with Crippen LogP contribution in [0.3, 0.4) is 0 Å². The van der Waals surface area contributed by atoms with Crippen LogP contribution in [0.2, 0.25) is 0 Å². The number of aromatic nitrogens is 4. The van der Waals surface area contributed by atoms with E-state index in [1.54, 1.807) is 28.7 Å². The molecular formula is C20H18N6O2S. The maximum Gasteiger partial charge on any atom is 0.275 e. The fourth-order valence-corrected chi connectivity index (χ4v) is 4.11. The van der Waals surface area contributed by atoms with Crippen molar-refractivity contribution in [3.63, 3.8) is 0 Å². The van der Waals surface area contributed by atoms with Crippen LogP contribution < -0.4 is 10.2 Å². The van der Waals surface area contributed by atoms with E-state index in [4.69, 9.17) is 4.74 Å². The Morgan fingerprint density at radius 3 is 2.90 bits per heavy atom. The van der Waals surface area contributed by atoms with Gasteiger partial charge < -0.3 is 15.0 Å². The molecule has 1 aliphatic heterocycles. The van der Waals surface area contributed by atoms with Crippen molar-refractivity contribution in [2.45, 2.75) is 0 Å². The zero-order chi connectivity index (χ0) is 19.6. The van der Waals surface area contributed by atoms with Crippen LogP contribution in [0.25, 0.3) is 16.0 Å². The largest absolute Gasteiger partial charge is 0.378 e. The second kappa shape index (κ2) is 7.61. The predicted molar refractivity (Wildman–Crippen MR) is 112 cm³/mol. The van der Waals surface area contributed by atoms with Crippen molar-refractivity contribution >= 4 is 39.5 Å². The first-order valence-electron chi connectivity index (χ1n) is 9.26. The third kappa shape index (κ3) is 3.45. The topological polar surface area (TPSA) is 85.2 Å². The first kappa shape index (κ1) is 17.8. The highest BCUT2D eigenvalue weighted by Gasteiger charge is 2.19.